The number of aliphatic hydroxyl groups excluding tert-OH is 1. The molecule has 0 saturated heterocycles. The molecule has 24 heavy (non-hydrogen) atoms. The maximum atomic E-state index is 12.2. The first-order valence-corrected chi connectivity index (χ1v) is 9.13. The summed E-state index contributed by atoms with van der Waals surface area (Å²) < 4.78 is 12.2. The van der Waals surface area contributed by atoms with E-state index in [1.807, 2.05) is 62.4 Å². The van der Waals surface area contributed by atoms with Crippen molar-refractivity contribution in [3.8, 4) is 22.5 Å². The molecule has 0 aliphatic rings. The van der Waals surface area contributed by atoms with E-state index in [0.29, 0.717) is 5.16 Å². The Kier molecular flexibility index (Phi) is 5.04. The maximum Gasteiger partial charge on any atom is 0.321 e. The Bertz CT molecular complexity index is 747. The predicted molar refractivity (Wildman–Crippen MR) is 97.3 cm³/mol. The SMILES string of the molecule is Cc1ccc(-c2nc([S+]([O-])CCO)[nH]c2-c2ccc(C)cc2)cc1. The third-order valence-corrected chi connectivity index (χ3v) is 5.02. The average molecular weight is 340 g/mol. The minimum Gasteiger partial charge on any atom is -0.609 e. The lowest BCUT2D eigenvalue weighted by atomic mass is 10.0. The maximum absolute atomic E-state index is 12.2. The zero-order valence-electron chi connectivity index (χ0n) is 13.7. The number of H-pyrrole nitrogens is 1. The van der Waals surface area contributed by atoms with Crippen LogP contribution in [0.2, 0.25) is 0 Å². The molecule has 1 unspecified atom stereocenters. The van der Waals surface area contributed by atoms with Crippen LogP contribution in [0.15, 0.2) is 53.7 Å². The Morgan fingerprint density at radius 2 is 1.50 bits per heavy atom. The highest BCUT2D eigenvalue weighted by molar-refractivity contribution is 7.91. The molecular formula is C19H20N2O2S. The summed E-state index contributed by atoms with van der Waals surface area (Å²) in [5.74, 6) is 0.175. The van der Waals surface area contributed by atoms with Crippen molar-refractivity contribution in [3.05, 3.63) is 59.7 Å². The van der Waals surface area contributed by atoms with E-state index in [-0.39, 0.29) is 12.4 Å². The van der Waals surface area contributed by atoms with Gasteiger partial charge in [-0.05, 0) is 13.8 Å². The van der Waals surface area contributed by atoms with Crippen molar-refractivity contribution in [2.24, 2.45) is 0 Å². The van der Waals surface area contributed by atoms with Gasteiger partial charge >= 0.3 is 5.16 Å². The number of aliphatic hydroxyl groups is 1. The van der Waals surface area contributed by atoms with Crippen molar-refractivity contribution >= 4 is 11.2 Å². The molecule has 1 atom stereocenters. The van der Waals surface area contributed by atoms with Crippen LogP contribution in [-0.2, 0) is 11.2 Å². The second kappa shape index (κ2) is 7.21. The van der Waals surface area contributed by atoms with E-state index in [4.69, 9.17) is 5.11 Å². The molecule has 4 nitrogen and oxygen atoms in total. The van der Waals surface area contributed by atoms with Gasteiger partial charge in [0, 0.05) is 22.3 Å². The first kappa shape index (κ1) is 16.8. The Morgan fingerprint density at radius 3 is 2.04 bits per heavy atom. The van der Waals surface area contributed by atoms with Gasteiger partial charge in [-0.1, -0.05) is 59.7 Å². The molecule has 3 rings (SSSR count). The first-order chi connectivity index (χ1) is 11.6. The molecule has 1 aromatic heterocycles. The lowest BCUT2D eigenvalue weighted by Gasteiger charge is -2.04. The van der Waals surface area contributed by atoms with Gasteiger partial charge in [-0.25, -0.2) is 0 Å². The lowest BCUT2D eigenvalue weighted by Crippen LogP contribution is -2.11. The van der Waals surface area contributed by atoms with Gasteiger partial charge in [0.05, 0.1) is 12.3 Å². The van der Waals surface area contributed by atoms with Gasteiger partial charge in [0.15, 0.2) is 0 Å². The van der Waals surface area contributed by atoms with Crippen LogP contribution in [0.1, 0.15) is 11.1 Å². The van der Waals surface area contributed by atoms with Crippen molar-refractivity contribution < 1.29 is 9.66 Å². The van der Waals surface area contributed by atoms with E-state index >= 15 is 0 Å². The molecule has 0 saturated carbocycles. The van der Waals surface area contributed by atoms with Gasteiger partial charge in [-0.3, -0.25) is 4.98 Å². The van der Waals surface area contributed by atoms with Crippen LogP contribution in [0.3, 0.4) is 0 Å². The van der Waals surface area contributed by atoms with Gasteiger partial charge < -0.3 is 9.66 Å². The van der Waals surface area contributed by atoms with Gasteiger partial charge in [-0.15, -0.1) is 0 Å². The fourth-order valence-electron chi connectivity index (χ4n) is 2.49. The average Bonchev–Trinajstić information content (AvgIpc) is 3.02. The molecule has 2 N–H and O–H groups in total. The Labute approximate surface area is 144 Å². The number of benzene rings is 2. The Morgan fingerprint density at radius 1 is 0.958 bits per heavy atom. The number of nitrogens with one attached hydrogen (secondary N) is 1. The minimum atomic E-state index is -1.35. The van der Waals surface area contributed by atoms with Crippen molar-refractivity contribution in [2.45, 2.75) is 19.0 Å². The molecule has 0 bridgehead atoms. The second-order valence-corrected chi connectivity index (χ2v) is 7.26. The third-order valence-electron chi connectivity index (χ3n) is 3.84. The van der Waals surface area contributed by atoms with Crippen LogP contribution in [0.25, 0.3) is 22.5 Å². The quantitative estimate of drug-likeness (QED) is 0.699. The molecule has 0 amide bonds. The number of aromatic amines is 1. The number of imidazole rings is 1. The van der Waals surface area contributed by atoms with Crippen molar-refractivity contribution in [2.75, 3.05) is 12.4 Å². The molecule has 0 radical (unpaired) electrons. The highest BCUT2D eigenvalue weighted by Gasteiger charge is 2.21. The highest BCUT2D eigenvalue weighted by atomic mass is 32.2. The summed E-state index contributed by atoms with van der Waals surface area (Å²) in [5.41, 5.74) is 5.95. The Hall–Kier alpha value is -2.08. The van der Waals surface area contributed by atoms with Crippen LogP contribution in [0, 0.1) is 13.8 Å². The summed E-state index contributed by atoms with van der Waals surface area (Å²) in [6.45, 7) is 3.95. The summed E-state index contributed by atoms with van der Waals surface area (Å²) in [4.78, 5) is 7.75. The van der Waals surface area contributed by atoms with E-state index in [9.17, 15) is 4.55 Å². The fraction of sp³-hybridized carbons (Fsp3) is 0.211. The van der Waals surface area contributed by atoms with Crippen molar-refractivity contribution in [1.82, 2.24) is 9.97 Å². The molecule has 0 aliphatic carbocycles. The molecule has 3 aromatic rings. The monoisotopic (exact) mass is 340 g/mol. The molecule has 2 aromatic carbocycles. The largest absolute Gasteiger partial charge is 0.609 e. The van der Waals surface area contributed by atoms with E-state index < -0.39 is 11.2 Å². The summed E-state index contributed by atoms with van der Waals surface area (Å²) >= 11 is -1.35. The molecule has 124 valence electrons. The number of rotatable bonds is 5. The Balaban J connectivity index is 2.10. The molecular weight excluding hydrogens is 320 g/mol. The van der Waals surface area contributed by atoms with E-state index in [2.05, 4.69) is 9.97 Å². The predicted octanol–water partition coefficient (Wildman–Crippen LogP) is 3.46. The first-order valence-electron chi connectivity index (χ1n) is 7.82. The van der Waals surface area contributed by atoms with Gasteiger partial charge in [-0.2, -0.15) is 4.98 Å². The van der Waals surface area contributed by atoms with Crippen LogP contribution in [0.4, 0.5) is 0 Å². The molecule has 0 fully saturated rings. The number of hydrogen-bond donors (Lipinski definition) is 2. The standard InChI is InChI=1S/C19H20N2O2S/c1-13-3-7-15(8-4-13)17-18(16-9-5-14(2)6-10-16)21-19(20-17)24(23)12-11-22/h3-10,22H,11-12H2,1-2H3,(H,20,21). The van der Waals surface area contributed by atoms with Crippen LogP contribution < -0.4 is 0 Å². The van der Waals surface area contributed by atoms with Crippen LogP contribution >= 0.6 is 0 Å². The number of aromatic nitrogens is 2. The topological polar surface area (TPSA) is 72.0 Å². The fourth-order valence-corrected chi connectivity index (χ4v) is 3.26. The van der Waals surface area contributed by atoms with Crippen molar-refractivity contribution in [1.29, 1.82) is 0 Å². The molecule has 0 aliphatic heterocycles. The van der Waals surface area contributed by atoms with Gasteiger partial charge in [0.2, 0.25) is 0 Å². The summed E-state index contributed by atoms with van der Waals surface area (Å²) in [6, 6.07) is 16.2. The zero-order valence-corrected chi connectivity index (χ0v) is 14.6. The number of nitrogens with zero attached hydrogens (tertiary/aromatic N) is 1. The van der Waals surface area contributed by atoms with Crippen molar-refractivity contribution in [3.63, 3.8) is 0 Å². The number of aryl methyl sites for hydroxylation is 2. The third kappa shape index (κ3) is 3.53. The lowest BCUT2D eigenvalue weighted by molar-refractivity contribution is 0.319. The second-order valence-electron chi connectivity index (χ2n) is 5.77. The smallest absolute Gasteiger partial charge is 0.321 e. The van der Waals surface area contributed by atoms with Gasteiger partial charge in [0.1, 0.15) is 11.4 Å². The normalized spacial score (nSPS) is 12.3. The molecule has 1 heterocycles. The summed E-state index contributed by atoms with van der Waals surface area (Å²) in [6.07, 6.45) is 0. The zero-order chi connectivity index (χ0) is 17.1. The summed E-state index contributed by atoms with van der Waals surface area (Å²) in [7, 11) is 0. The van der Waals surface area contributed by atoms with Gasteiger partial charge in [0.25, 0.3) is 0 Å². The van der Waals surface area contributed by atoms with E-state index in [1.165, 1.54) is 11.1 Å². The number of hydrogen-bond acceptors (Lipinski definition) is 3. The van der Waals surface area contributed by atoms with Crippen LogP contribution in [-0.4, -0.2) is 32.0 Å². The highest BCUT2D eigenvalue weighted by Crippen LogP contribution is 2.31. The summed E-state index contributed by atoms with van der Waals surface area (Å²) in [5, 5.41) is 9.43. The molecule has 5 heteroatoms. The van der Waals surface area contributed by atoms with E-state index in [1.54, 1.807) is 0 Å². The molecule has 0 spiro atoms. The van der Waals surface area contributed by atoms with E-state index in [0.717, 1.165) is 22.5 Å². The van der Waals surface area contributed by atoms with Crippen LogP contribution in [0.5, 0.6) is 0 Å². The minimum absolute atomic E-state index is 0.132.